The van der Waals surface area contributed by atoms with Crippen molar-refractivity contribution in [1.82, 2.24) is 4.72 Å². The highest BCUT2D eigenvalue weighted by molar-refractivity contribution is 7.89. The fourth-order valence-electron chi connectivity index (χ4n) is 2.29. The summed E-state index contributed by atoms with van der Waals surface area (Å²) in [6.45, 7) is 6.78. The average Bonchev–Trinajstić information content (AvgIpc) is 2.54. The van der Waals surface area contributed by atoms with Gasteiger partial charge in [-0.05, 0) is 42.2 Å². The molecule has 0 aromatic heterocycles. The molecule has 0 radical (unpaired) electrons. The molecule has 0 bridgehead atoms. The molecule has 0 aliphatic carbocycles. The van der Waals surface area contributed by atoms with Gasteiger partial charge < -0.3 is 4.74 Å². The highest BCUT2D eigenvalue weighted by Gasteiger charge is 2.17. The van der Waals surface area contributed by atoms with E-state index >= 15 is 0 Å². The van der Waals surface area contributed by atoms with Crippen LogP contribution in [0.1, 0.15) is 37.8 Å². The third-order valence-corrected chi connectivity index (χ3v) is 4.92. The van der Waals surface area contributed by atoms with E-state index in [1.165, 1.54) is 0 Å². The van der Waals surface area contributed by atoms with Gasteiger partial charge in [0.05, 0.1) is 11.5 Å². The molecule has 0 spiro atoms. The predicted octanol–water partition coefficient (Wildman–Crippen LogP) is 3.69. The van der Waals surface area contributed by atoms with Crippen molar-refractivity contribution in [2.75, 3.05) is 6.61 Å². The first-order chi connectivity index (χ1) is 10.9. The smallest absolute Gasteiger partial charge is 0.240 e. The molecule has 0 unspecified atom stereocenters. The van der Waals surface area contributed by atoms with Gasteiger partial charge in [-0.1, -0.05) is 44.2 Å². The van der Waals surface area contributed by atoms with Gasteiger partial charge in [0.25, 0.3) is 0 Å². The molecule has 4 nitrogen and oxygen atoms in total. The predicted molar refractivity (Wildman–Crippen MR) is 92.2 cm³/mol. The Morgan fingerprint density at radius 2 is 1.78 bits per heavy atom. The summed E-state index contributed by atoms with van der Waals surface area (Å²) in [6, 6.07) is 14.5. The van der Waals surface area contributed by atoms with E-state index in [-0.39, 0.29) is 17.4 Å². The molecule has 0 atom stereocenters. The lowest BCUT2D eigenvalue weighted by atomic mass is 10.0. The van der Waals surface area contributed by atoms with Crippen molar-refractivity contribution in [1.29, 1.82) is 0 Å². The van der Waals surface area contributed by atoms with Gasteiger partial charge in [-0.25, -0.2) is 13.1 Å². The second-order valence-corrected chi connectivity index (χ2v) is 7.36. The van der Waals surface area contributed by atoms with Crippen molar-refractivity contribution >= 4 is 10.0 Å². The molecule has 0 aliphatic heterocycles. The minimum atomic E-state index is -3.55. The van der Waals surface area contributed by atoms with Crippen LogP contribution in [0.25, 0.3) is 0 Å². The van der Waals surface area contributed by atoms with E-state index < -0.39 is 10.0 Å². The van der Waals surface area contributed by atoms with Gasteiger partial charge in [-0.15, -0.1) is 0 Å². The second kappa shape index (κ2) is 7.62. The number of benzene rings is 2. The summed E-state index contributed by atoms with van der Waals surface area (Å²) >= 11 is 0. The van der Waals surface area contributed by atoms with Gasteiger partial charge in [0.2, 0.25) is 10.0 Å². The molecule has 0 saturated carbocycles. The Hall–Kier alpha value is -1.85. The Kier molecular flexibility index (Phi) is 5.80. The van der Waals surface area contributed by atoms with Crippen LogP contribution in [-0.4, -0.2) is 15.0 Å². The minimum Gasteiger partial charge on any atom is -0.494 e. The molecule has 0 amide bonds. The van der Waals surface area contributed by atoms with E-state index in [1.54, 1.807) is 18.2 Å². The van der Waals surface area contributed by atoms with Gasteiger partial charge in [-0.3, -0.25) is 0 Å². The van der Waals surface area contributed by atoms with Crippen molar-refractivity contribution in [2.45, 2.75) is 38.1 Å². The zero-order chi connectivity index (χ0) is 16.9. The van der Waals surface area contributed by atoms with Gasteiger partial charge in [0.15, 0.2) is 0 Å². The number of nitrogens with one attached hydrogen (secondary N) is 1. The lowest BCUT2D eigenvalue weighted by molar-refractivity contribution is 0.335. The fourth-order valence-corrected chi connectivity index (χ4v) is 3.34. The van der Waals surface area contributed by atoms with Crippen LogP contribution >= 0.6 is 0 Å². The molecule has 2 aromatic carbocycles. The summed E-state index contributed by atoms with van der Waals surface area (Å²) in [6.07, 6.45) is 0. The van der Waals surface area contributed by atoms with Crippen LogP contribution in [0.15, 0.2) is 53.4 Å². The Morgan fingerprint density at radius 3 is 2.39 bits per heavy atom. The minimum absolute atomic E-state index is 0.181. The molecule has 1 N–H and O–H groups in total. The highest BCUT2D eigenvalue weighted by atomic mass is 32.2. The average molecular weight is 333 g/mol. The van der Waals surface area contributed by atoms with Gasteiger partial charge >= 0.3 is 0 Å². The van der Waals surface area contributed by atoms with Crippen LogP contribution in [-0.2, 0) is 16.6 Å². The largest absolute Gasteiger partial charge is 0.494 e. The molecule has 0 heterocycles. The number of ether oxygens (including phenoxy) is 1. The first kappa shape index (κ1) is 17.5. The van der Waals surface area contributed by atoms with Gasteiger partial charge in [-0.2, -0.15) is 0 Å². The van der Waals surface area contributed by atoms with E-state index in [0.29, 0.717) is 6.61 Å². The van der Waals surface area contributed by atoms with Crippen LogP contribution in [0.5, 0.6) is 5.75 Å². The van der Waals surface area contributed by atoms with E-state index in [1.807, 2.05) is 51.1 Å². The third-order valence-electron chi connectivity index (χ3n) is 3.52. The lowest BCUT2D eigenvalue weighted by Gasteiger charge is -2.15. The van der Waals surface area contributed by atoms with Gasteiger partial charge in [0, 0.05) is 6.54 Å². The quantitative estimate of drug-likeness (QED) is 0.841. The topological polar surface area (TPSA) is 55.4 Å². The number of hydrogen-bond donors (Lipinski definition) is 1. The summed E-state index contributed by atoms with van der Waals surface area (Å²) in [5.74, 6) is 0.922. The number of rotatable bonds is 7. The maximum absolute atomic E-state index is 12.5. The normalized spacial score (nSPS) is 11.7. The zero-order valence-corrected chi connectivity index (χ0v) is 14.6. The highest BCUT2D eigenvalue weighted by Crippen LogP contribution is 2.29. The zero-order valence-electron chi connectivity index (χ0n) is 13.7. The summed E-state index contributed by atoms with van der Waals surface area (Å²) < 4.78 is 33.2. The number of sulfonamides is 1. The van der Waals surface area contributed by atoms with Gasteiger partial charge in [0.1, 0.15) is 5.75 Å². The van der Waals surface area contributed by atoms with E-state index in [2.05, 4.69) is 4.72 Å². The summed E-state index contributed by atoms with van der Waals surface area (Å²) in [5.41, 5.74) is 1.82. The Labute approximate surface area is 138 Å². The third kappa shape index (κ3) is 4.56. The maximum atomic E-state index is 12.5. The number of hydrogen-bond acceptors (Lipinski definition) is 3. The lowest BCUT2D eigenvalue weighted by Crippen LogP contribution is -2.23. The molecule has 2 rings (SSSR count). The maximum Gasteiger partial charge on any atom is 0.240 e. The summed E-state index contributed by atoms with van der Waals surface area (Å²) in [5, 5.41) is 0. The Balaban J connectivity index is 2.23. The molecular formula is C18H23NO3S. The first-order valence-corrected chi connectivity index (χ1v) is 9.22. The van der Waals surface area contributed by atoms with E-state index in [0.717, 1.165) is 16.9 Å². The molecule has 0 aliphatic rings. The molecule has 5 heteroatoms. The van der Waals surface area contributed by atoms with Crippen LogP contribution in [0.3, 0.4) is 0 Å². The SMILES string of the molecule is CCOc1ccc(S(=O)(=O)NCc2ccccc2)cc1C(C)C. The molecular weight excluding hydrogens is 310 g/mol. The molecule has 124 valence electrons. The fraction of sp³-hybridized carbons (Fsp3) is 0.333. The second-order valence-electron chi connectivity index (χ2n) is 5.60. The Morgan fingerprint density at radius 1 is 1.09 bits per heavy atom. The van der Waals surface area contributed by atoms with Crippen molar-refractivity contribution in [3.8, 4) is 5.75 Å². The van der Waals surface area contributed by atoms with Crippen LogP contribution < -0.4 is 9.46 Å². The molecule has 0 saturated heterocycles. The van der Waals surface area contributed by atoms with Crippen LogP contribution in [0.4, 0.5) is 0 Å². The Bertz CT molecular complexity index is 740. The molecule has 23 heavy (non-hydrogen) atoms. The standard InChI is InChI=1S/C18H23NO3S/c1-4-22-18-11-10-16(12-17(18)14(2)3)23(20,21)19-13-15-8-6-5-7-9-15/h5-12,14,19H,4,13H2,1-3H3. The summed E-state index contributed by atoms with van der Waals surface area (Å²) in [7, 11) is -3.55. The van der Waals surface area contributed by atoms with Crippen molar-refractivity contribution in [3.63, 3.8) is 0 Å². The van der Waals surface area contributed by atoms with Crippen LogP contribution in [0, 0.1) is 0 Å². The van der Waals surface area contributed by atoms with Crippen molar-refractivity contribution < 1.29 is 13.2 Å². The molecule has 0 fully saturated rings. The van der Waals surface area contributed by atoms with Crippen molar-refractivity contribution in [2.24, 2.45) is 0 Å². The van der Waals surface area contributed by atoms with Crippen molar-refractivity contribution in [3.05, 3.63) is 59.7 Å². The molecule has 2 aromatic rings. The monoisotopic (exact) mass is 333 g/mol. The van der Waals surface area contributed by atoms with E-state index in [9.17, 15) is 8.42 Å². The summed E-state index contributed by atoms with van der Waals surface area (Å²) in [4.78, 5) is 0.264. The van der Waals surface area contributed by atoms with Crippen LogP contribution in [0.2, 0.25) is 0 Å². The first-order valence-electron chi connectivity index (χ1n) is 7.74. The van der Waals surface area contributed by atoms with E-state index in [4.69, 9.17) is 4.74 Å².